The van der Waals surface area contributed by atoms with Gasteiger partial charge in [-0.2, -0.15) is 0 Å². The number of carbonyl (C=O) groups is 1. The van der Waals surface area contributed by atoms with E-state index in [1.165, 1.54) is 15.3 Å². The maximum atomic E-state index is 12.1. The lowest BCUT2D eigenvalue weighted by Crippen LogP contribution is -2.39. The van der Waals surface area contributed by atoms with Crippen LogP contribution in [0.3, 0.4) is 0 Å². The molecule has 1 aliphatic heterocycles. The van der Waals surface area contributed by atoms with Crippen LogP contribution in [-0.2, 0) is 14.8 Å². The third kappa shape index (κ3) is 3.41. The van der Waals surface area contributed by atoms with Crippen LogP contribution < -0.4 is 9.04 Å². The molecule has 21 heavy (non-hydrogen) atoms. The number of rotatable bonds is 2. The van der Waals surface area contributed by atoms with Gasteiger partial charge >= 0.3 is 0 Å². The van der Waals surface area contributed by atoms with Crippen molar-refractivity contribution in [1.29, 1.82) is 0 Å². The van der Waals surface area contributed by atoms with Gasteiger partial charge in [0.2, 0.25) is 10.0 Å². The van der Waals surface area contributed by atoms with Gasteiger partial charge in [-0.3, -0.25) is 9.10 Å². The number of sulfonamides is 1. The van der Waals surface area contributed by atoms with Gasteiger partial charge in [0.25, 0.3) is 5.91 Å². The van der Waals surface area contributed by atoms with E-state index in [1.807, 2.05) is 0 Å². The van der Waals surface area contributed by atoms with Crippen LogP contribution in [0.2, 0.25) is 5.02 Å². The first-order valence-electron chi connectivity index (χ1n) is 6.35. The molecule has 0 spiro atoms. The summed E-state index contributed by atoms with van der Waals surface area (Å²) < 4.78 is 30.8. The lowest BCUT2D eigenvalue weighted by molar-refractivity contribution is -0.136. The van der Waals surface area contributed by atoms with Gasteiger partial charge in [-0.15, -0.1) is 0 Å². The normalized spacial score (nSPS) is 18.5. The second-order valence-corrected chi connectivity index (χ2v) is 7.42. The Bertz CT molecular complexity index is 660. The summed E-state index contributed by atoms with van der Waals surface area (Å²) in [4.78, 5) is 13.5. The second-order valence-electron chi connectivity index (χ2n) is 5.08. The van der Waals surface area contributed by atoms with Gasteiger partial charge in [-0.25, -0.2) is 8.42 Å². The van der Waals surface area contributed by atoms with E-state index < -0.39 is 16.1 Å². The molecule has 0 fully saturated rings. The zero-order valence-electron chi connectivity index (χ0n) is 12.0. The molecule has 1 heterocycles. The largest absolute Gasteiger partial charge is 0.478 e. The Kier molecular flexibility index (Phi) is 4.34. The number of halogens is 1. The smallest absolute Gasteiger partial charge is 0.263 e. The van der Waals surface area contributed by atoms with Crippen LogP contribution in [0.25, 0.3) is 0 Å². The molecule has 6 nitrogen and oxygen atoms in total. The minimum atomic E-state index is -3.48. The van der Waals surface area contributed by atoms with Crippen LogP contribution >= 0.6 is 11.6 Å². The van der Waals surface area contributed by atoms with Crippen LogP contribution in [-0.4, -0.2) is 52.2 Å². The van der Waals surface area contributed by atoms with Crippen molar-refractivity contribution in [3.05, 3.63) is 23.2 Å². The molecule has 0 N–H and O–H groups in total. The molecule has 0 saturated carbocycles. The van der Waals surface area contributed by atoms with Crippen molar-refractivity contribution in [2.24, 2.45) is 0 Å². The summed E-state index contributed by atoms with van der Waals surface area (Å²) in [5, 5.41) is 0.406. The fraction of sp³-hybridized carbons (Fsp3) is 0.462. The Balaban J connectivity index is 2.47. The van der Waals surface area contributed by atoms with Crippen LogP contribution in [0.4, 0.5) is 5.69 Å². The predicted molar refractivity (Wildman–Crippen MR) is 81.4 cm³/mol. The van der Waals surface area contributed by atoms with E-state index in [4.69, 9.17) is 16.3 Å². The summed E-state index contributed by atoms with van der Waals surface area (Å²) >= 11 is 5.94. The summed E-state index contributed by atoms with van der Waals surface area (Å²) in [6.45, 7) is 0.163. The fourth-order valence-corrected chi connectivity index (χ4v) is 3.26. The number of ether oxygens (including phenoxy) is 1. The number of carbonyl (C=O) groups excluding carboxylic acids is 1. The van der Waals surface area contributed by atoms with Gasteiger partial charge in [-0.05, 0) is 18.2 Å². The fourth-order valence-electron chi connectivity index (χ4n) is 2.16. The average molecular weight is 333 g/mol. The highest BCUT2D eigenvalue weighted by Gasteiger charge is 2.31. The molecule has 1 aromatic carbocycles. The zero-order chi connectivity index (χ0) is 15.8. The SMILES string of the molecule is CN(C)C(=O)[C@H]1CCN(S(C)(=O)=O)c2cc(Cl)ccc2O1. The Morgan fingerprint density at radius 3 is 2.67 bits per heavy atom. The molecule has 1 aliphatic rings. The van der Waals surface area contributed by atoms with E-state index in [1.54, 1.807) is 26.2 Å². The molecule has 1 aromatic rings. The van der Waals surface area contributed by atoms with Crippen LogP contribution in [0.1, 0.15) is 6.42 Å². The van der Waals surface area contributed by atoms with Crippen molar-refractivity contribution in [3.8, 4) is 5.75 Å². The van der Waals surface area contributed by atoms with E-state index >= 15 is 0 Å². The first-order valence-corrected chi connectivity index (χ1v) is 8.58. The molecule has 0 aromatic heterocycles. The maximum absolute atomic E-state index is 12.1. The molecule has 1 amide bonds. The molecule has 0 radical (unpaired) electrons. The van der Waals surface area contributed by atoms with Crippen LogP contribution in [0, 0.1) is 0 Å². The molecule has 116 valence electrons. The highest BCUT2D eigenvalue weighted by molar-refractivity contribution is 7.92. The van der Waals surface area contributed by atoms with Gasteiger partial charge in [-0.1, -0.05) is 11.6 Å². The summed E-state index contributed by atoms with van der Waals surface area (Å²) in [5.74, 6) is 0.133. The molecule has 0 bridgehead atoms. The zero-order valence-corrected chi connectivity index (χ0v) is 13.6. The third-order valence-electron chi connectivity index (χ3n) is 3.17. The maximum Gasteiger partial charge on any atom is 0.263 e. The van der Waals surface area contributed by atoms with E-state index in [-0.39, 0.29) is 18.9 Å². The predicted octanol–water partition coefficient (Wildman–Crippen LogP) is 1.35. The molecule has 1 atom stereocenters. The Morgan fingerprint density at radius 2 is 2.10 bits per heavy atom. The van der Waals surface area contributed by atoms with Crippen molar-refractivity contribution in [2.75, 3.05) is 31.2 Å². The molecule has 0 aliphatic carbocycles. The van der Waals surface area contributed by atoms with Gasteiger partial charge < -0.3 is 9.64 Å². The molecule has 8 heteroatoms. The number of amides is 1. The monoisotopic (exact) mass is 332 g/mol. The van der Waals surface area contributed by atoms with E-state index in [0.717, 1.165) is 6.26 Å². The summed E-state index contributed by atoms with van der Waals surface area (Å²) in [5.41, 5.74) is 0.360. The number of hydrogen-bond donors (Lipinski definition) is 0. The van der Waals surface area contributed by atoms with E-state index in [2.05, 4.69) is 0 Å². The van der Waals surface area contributed by atoms with Crippen molar-refractivity contribution < 1.29 is 17.9 Å². The van der Waals surface area contributed by atoms with Crippen molar-refractivity contribution in [1.82, 2.24) is 4.90 Å². The highest BCUT2D eigenvalue weighted by Crippen LogP contribution is 2.36. The molecular weight excluding hydrogens is 316 g/mol. The van der Waals surface area contributed by atoms with E-state index in [0.29, 0.717) is 16.5 Å². The Hall–Kier alpha value is -1.47. The first kappa shape index (κ1) is 15.9. The quantitative estimate of drug-likeness (QED) is 0.820. The third-order valence-corrected chi connectivity index (χ3v) is 4.58. The van der Waals surface area contributed by atoms with Crippen LogP contribution in [0.15, 0.2) is 18.2 Å². The molecule has 0 unspecified atom stereocenters. The topological polar surface area (TPSA) is 66.9 Å². The highest BCUT2D eigenvalue weighted by atomic mass is 35.5. The average Bonchev–Trinajstić information content (AvgIpc) is 2.56. The number of anilines is 1. The van der Waals surface area contributed by atoms with Crippen molar-refractivity contribution >= 4 is 33.2 Å². The molecule has 2 rings (SSSR count). The number of likely N-dealkylation sites (N-methyl/N-ethyl adjacent to an activating group) is 1. The number of fused-ring (bicyclic) bond motifs is 1. The second kappa shape index (κ2) is 5.73. The van der Waals surface area contributed by atoms with E-state index in [9.17, 15) is 13.2 Å². The van der Waals surface area contributed by atoms with Gasteiger partial charge in [0.1, 0.15) is 5.75 Å². The van der Waals surface area contributed by atoms with Crippen LogP contribution in [0.5, 0.6) is 5.75 Å². The number of benzene rings is 1. The number of nitrogens with zero attached hydrogens (tertiary/aromatic N) is 2. The Labute approximate surface area is 129 Å². The van der Waals surface area contributed by atoms with Gasteiger partial charge in [0.15, 0.2) is 6.10 Å². The summed E-state index contributed by atoms with van der Waals surface area (Å²) in [6, 6.07) is 4.71. The minimum absolute atomic E-state index is 0.163. The first-order chi connectivity index (χ1) is 9.70. The van der Waals surface area contributed by atoms with Crippen molar-refractivity contribution in [3.63, 3.8) is 0 Å². The van der Waals surface area contributed by atoms with Crippen molar-refractivity contribution in [2.45, 2.75) is 12.5 Å². The van der Waals surface area contributed by atoms with Gasteiger partial charge in [0.05, 0.1) is 11.9 Å². The lowest BCUT2D eigenvalue weighted by atomic mass is 10.2. The molecule has 0 saturated heterocycles. The summed E-state index contributed by atoms with van der Waals surface area (Å²) in [7, 11) is -0.214. The minimum Gasteiger partial charge on any atom is -0.478 e. The Morgan fingerprint density at radius 1 is 1.43 bits per heavy atom. The lowest BCUT2D eigenvalue weighted by Gasteiger charge is -2.21. The standard InChI is InChI=1S/C13H17ClN2O4S/c1-15(2)13(17)12-6-7-16(21(3,18)19)10-8-9(14)4-5-11(10)20-12/h4-5,8,12H,6-7H2,1-3H3/t12-/m1/s1. The summed E-state index contributed by atoms with van der Waals surface area (Å²) in [6.07, 6.45) is 0.675. The molecular formula is C13H17ClN2O4S. The van der Waals surface area contributed by atoms with Gasteiger partial charge in [0, 0.05) is 32.1 Å². The number of hydrogen-bond acceptors (Lipinski definition) is 4.